The molecular formula is C7H6N4O3. The maximum atomic E-state index is 10.8. The van der Waals surface area contributed by atoms with Gasteiger partial charge in [0.1, 0.15) is 0 Å². The number of hydrogen-bond donors (Lipinski definition) is 3. The molecule has 0 fully saturated rings. The summed E-state index contributed by atoms with van der Waals surface area (Å²) in [5, 5.41) is 12.3. The van der Waals surface area contributed by atoms with Crippen molar-refractivity contribution in [2.45, 2.75) is 0 Å². The summed E-state index contributed by atoms with van der Waals surface area (Å²) in [5.41, 5.74) is 5.21. The van der Waals surface area contributed by atoms with Crippen molar-refractivity contribution in [1.82, 2.24) is 15.1 Å². The second kappa shape index (κ2) is 2.87. The number of rotatable bonds is 2. The van der Waals surface area contributed by atoms with E-state index in [1.54, 1.807) is 6.20 Å². The van der Waals surface area contributed by atoms with Gasteiger partial charge in [-0.25, -0.2) is 9.78 Å². The summed E-state index contributed by atoms with van der Waals surface area (Å²) < 4.78 is 4.57. The van der Waals surface area contributed by atoms with Crippen LogP contribution >= 0.6 is 0 Å². The first-order chi connectivity index (χ1) is 6.70. The minimum Gasteiger partial charge on any atom is -0.477 e. The molecular weight excluding hydrogens is 188 g/mol. The average Bonchev–Trinajstić information content (AvgIpc) is 2.70. The predicted molar refractivity (Wildman–Crippen MR) is 45.5 cm³/mol. The first kappa shape index (κ1) is 8.30. The summed E-state index contributed by atoms with van der Waals surface area (Å²) in [6, 6.07) is 0. The van der Waals surface area contributed by atoms with Gasteiger partial charge in [-0.3, -0.25) is 0 Å². The van der Waals surface area contributed by atoms with Crippen molar-refractivity contribution < 1.29 is 14.4 Å². The third-order valence-corrected chi connectivity index (χ3v) is 1.65. The van der Waals surface area contributed by atoms with Crippen LogP contribution in [0.4, 0.5) is 5.88 Å². The summed E-state index contributed by atoms with van der Waals surface area (Å²) in [6.45, 7) is 0. The van der Waals surface area contributed by atoms with Gasteiger partial charge in [0.05, 0.1) is 0 Å². The molecule has 72 valence electrons. The molecule has 4 N–H and O–H groups in total. The van der Waals surface area contributed by atoms with E-state index in [0.29, 0.717) is 5.82 Å². The first-order valence-electron chi connectivity index (χ1n) is 3.68. The van der Waals surface area contributed by atoms with Crippen molar-refractivity contribution in [3.8, 4) is 11.5 Å². The summed E-state index contributed by atoms with van der Waals surface area (Å²) in [4.78, 5) is 17.3. The number of aromatic amines is 1. The molecule has 0 aromatic carbocycles. The Kier molecular flexibility index (Phi) is 1.70. The second-order valence-corrected chi connectivity index (χ2v) is 2.51. The molecule has 0 aliphatic carbocycles. The van der Waals surface area contributed by atoms with Crippen LogP contribution in [0, 0.1) is 0 Å². The molecule has 0 spiro atoms. The molecule has 0 aliphatic heterocycles. The third-order valence-electron chi connectivity index (χ3n) is 1.65. The summed E-state index contributed by atoms with van der Waals surface area (Å²) >= 11 is 0. The van der Waals surface area contributed by atoms with Gasteiger partial charge in [0.2, 0.25) is 5.88 Å². The number of aromatic nitrogens is 3. The third kappa shape index (κ3) is 1.11. The average molecular weight is 194 g/mol. The van der Waals surface area contributed by atoms with Gasteiger partial charge in [-0.1, -0.05) is 5.16 Å². The number of hydrogen-bond acceptors (Lipinski definition) is 5. The number of nitrogens with zero attached hydrogens (tertiary/aromatic N) is 2. The van der Waals surface area contributed by atoms with Crippen LogP contribution in [0.3, 0.4) is 0 Å². The van der Waals surface area contributed by atoms with E-state index < -0.39 is 5.97 Å². The number of carboxylic acid groups (broad SMARTS) is 1. The zero-order chi connectivity index (χ0) is 10.1. The first-order valence-corrected chi connectivity index (χ1v) is 3.68. The molecule has 0 aliphatic rings. The lowest BCUT2D eigenvalue weighted by molar-refractivity contribution is 0.0698. The summed E-state index contributed by atoms with van der Waals surface area (Å²) in [6.07, 6.45) is 3.03. The van der Waals surface area contributed by atoms with Crippen LogP contribution in [0.25, 0.3) is 11.5 Å². The van der Waals surface area contributed by atoms with Gasteiger partial charge < -0.3 is 20.3 Å². The Hall–Kier alpha value is -2.31. The molecule has 2 aromatic rings. The molecule has 2 heterocycles. The monoisotopic (exact) mass is 194 g/mol. The van der Waals surface area contributed by atoms with Gasteiger partial charge in [0, 0.05) is 12.4 Å². The molecule has 0 amide bonds. The van der Waals surface area contributed by atoms with E-state index in [4.69, 9.17) is 10.8 Å². The Morgan fingerprint density at radius 2 is 2.43 bits per heavy atom. The van der Waals surface area contributed by atoms with E-state index >= 15 is 0 Å². The molecule has 0 saturated carbocycles. The topological polar surface area (TPSA) is 118 Å². The van der Waals surface area contributed by atoms with Gasteiger partial charge in [0.15, 0.2) is 17.1 Å². The van der Waals surface area contributed by atoms with Crippen LogP contribution in [-0.4, -0.2) is 26.2 Å². The SMILES string of the molecule is Nc1onc(-c2ncc[nH]2)c1C(=O)O. The molecule has 0 unspecified atom stereocenters. The number of H-pyrrole nitrogens is 1. The minimum atomic E-state index is -1.20. The van der Waals surface area contributed by atoms with Crippen molar-refractivity contribution in [2.75, 3.05) is 5.73 Å². The molecule has 2 aromatic heterocycles. The van der Waals surface area contributed by atoms with Gasteiger partial charge in [0.25, 0.3) is 0 Å². The van der Waals surface area contributed by atoms with E-state index in [1.807, 2.05) is 0 Å². The smallest absolute Gasteiger partial charge is 0.343 e. The standard InChI is InChI=1S/C7H6N4O3/c8-5-3(7(12)13)4(11-14-5)6-9-1-2-10-6/h1-2H,8H2,(H,9,10)(H,12,13). The lowest BCUT2D eigenvalue weighted by atomic mass is 10.2. The molecule has 0 bridgehead atoms. The minimum absolute atomic E-state index is 0.0972. The molecule has 14 heavy (non-hydrogen) atoms. The highest BCUT2D eigenvalue weighted by molar-refractivity contribution is 5.98. The number of anilines is 1. The highest BCUT2D eigenvalue weighted by Crippen LogP contribution is 2.23. The molecule has 7 nitrogen and oxygen atoms in total. The number of nitrogen functional groups attached to an aromatic ring is 1. The number of nitrogens with one attached hydrogen (secondary N) is 1. The highest BCUT2D eigenvalue weighted by atomic mass is 16.5. The lowest BCUT2D eigenvalue weighted by Crippen LogP contribution is -2.01. The maximum Gasteiger partial charge on any atom is 0.343 e. The van der Waals surface area contributed by atoms with Crippen molar-refractivity contribution in [3.63, 3.8) is 0 Å². The van der Waals surface area contributed by atoms with Crippen LogP contribution in [0.1, 0.15) is 10.4 Å². The van der Waals surface area contributed by atoms with Gasteiger partial charge in [-0.05, 0) is 0 Å². The normalized spacial score (nSPS) is 10.3. The fraction of sp³-hybridized carbons (Fsp3) is 0. The van der Waals surface area contributed by atoms with Gasteiger partial charge >= 0.3 is 5.97 Å². The maximum absolute atomic E-state index is 10.8. The molecule has 0 radical (unpaired) electrons. The largest absolute Gasteiger partial charge is 0.477 e. The van der Waals surface area contributed by atoms with Crippen LogP contribution in [0.5, 0.6) is 0 Å². The fourth-order valence-electron chi connectivity index (χ4n) is 1.07. The van der Waals surface area contributed by atoms with Crippen molar-refractivity contribution in [3.05, 3.63) is 18.0 Å². The lowest BCUT2D eigenvalue weighted by Gasteiger charge is -1.91. The molecule has 7 heteroatoms. The predicted octanol–water partition coefficient (Wildman–Crippen LogP) is 0.345. The van der Waals surface area contributed by atoms with E-state index in [1.165, 1.54) is 6.20 Å². The van der Waals surface area contributed by atoms with E-state index in [0.717, 1.165) is 0 Å². The van der Waals surface area contributed by atoms with Crippen molar-refractivity contribution in [2.24, 2.45) is 0 Å². The van der Waals surface area contributed by atoms with Gasteiger partial charge in [-0.15, -0.1) is 0 Å². The number of nitrogens with two attached hydrogens (primary N) is 1. The van der Waals surface area contributed by atoms with E-state index in [9.17, 15) is 4.79 Å². The Bertz CT molecular complexity index is 459. The molecule has 2 rings (SSSR count). The van der Waals surface area contributed by atoms with Crippen LogP contribution in [0.2, 0.25) is 0 Å². The van der Waals surface area contributed by atoms with Crippen LogP contribution < -0.4 is 5.73 Å². The second-order valence-electron chi connectivity index (χ2n) is 2.51. The Morgan fingerprint density at radius 3 is 3.00 bits per heavy atom. The quantitative estimate of drug-likeness (QED) is 0.634. The molecule has 0 atom stereocenters. The fourth-order valence-corrected chi connectivity index (χ4v) is 1.07. The van der Waals surface area contributed by atoms with E-state index in [-0.39, 0.29) is 17.1 Å². The van der Waals surface area contributed by atoms with Crippen LogP contribution in [0.15, 0.2) is 16.9 Å². The van der Waals surface area contributed by atoms with Crippen LogP contribution in [-0.2, 0) is 0 Å². The van der Waals surface area contributed by atoms with Gasteiger partial charge in [-0.2, -0.15) is 0 Å². The number of aromatic carboxylic acids is 1. The Balaban J connectivity index is 2.60. The molecule has 0 saturated heterocycles. The number of imidazole rings is 1. The zero-order valence-electron chi connectivity index (χ0n) is 6.89. The Morgan fingerprint density at radius 1 is 1.64 bits per heavy atom. The number of carbonyl (C=O) groups is 1. The zero-order valence-corrected chi connectivity index (χ0v) is 6.89. The number of carboxylic acids is 1. The summed E-state index contributed by atoms with van der Waals surface area (Å²) in [7, 11) is 0. The summed E-state index contributed by atoms with van der Waals surface area (Å²) in [5.74, 6) is -1.12. The highest BCUT2D eigenvalue weighted by Gasteiger charge is 2.22. The van der Waals surface area contributed by atoms with E-state index in [2.05, 4.69) is 19.6 Å². The van der Waals surface area contributed by atoms with Crippen molar-refractivity contribution in [1.29, 1.82) is 0 Å². The Labute approximate surface area is 77.5 Å². The van der Waals surface area contributed by atoms with Crippen molar-refractivity contribution >= 4 is 11.9 Å².